The van der Waals surface area contributed by atoms with Crippen LogP contribution in [0.2, 0.25) is 0 Å². The molecular formula is C10H15NOS. The highest BCUT2D eigenvalue weighted by Crippen LogP contribution is 2.25. The molecule has 0 unspecified atom stereocenters. The van der Waals surface area contributed by atoms with Crippen molar-refractivity contribution in [1.29, 1.82) is 0 Å². The second kappa shape index (κ2) is 5.27. The van der Waals surface area contributed by atoms with Crippen molar-refractivity contribution in [3.8, 4) is 0 Å². The van der Waals surface area contributed by atoms with Crippen LogP contribution in [0.25, 0.3) is 0 Å². The van der Waals surface area contributed by atoms with E-state index in [1.54, 1.807) is 11.8 Å². The lowest BCUT2D eigenvalue weighted by atomic mass is 10.1. The van der Waals surface area contributed by atoms with Gasteiger partial charge in [0.25, 0.3) is 0 Å². The van der Waals surface area contributed by atoms with Crippen LogP contribution < -0.4 is 5.73 Å². The zero-order chi connectivity index (χ0) is 9.68. The molecule has 0 bridgehead atoms. The predicted octanol–water partition coefficient (Wildman–Crippen LogP) is 1.79. The van der Waals surface area contributed by atoms with Crippen molar-refractivity contribution in [1.82, 2.24) is 0 Å². The highest BCUT2D eigenvalue weighted by Gasteiger charge is 2.05. The van der Waals surface area contributed by atoms with Crippen molar-refractivity contribution in [2.75, 3.05) is 12.4 Å². The van der Waals surface area contributed by atoms with E-state index in [9.17, 15) is 0 Å². The van der Waals surface area contributed by atoms with E-state index in [0.717, 1.165) is 11.3 Å². The van der Waals surface area contributed by atoms with Crippen LogP contribution in [0, 0.1) is 0 Å². The Hall–Kier alpha value is -0.510. The predicted molar refractivity (Wildman–Crippen MR) is 56.9 cm³/mol. The van der Waals surface area contributed by atoms with Gasteiger partial charge in [0, 0.05) is 16.7 Å². The SMILES string of the molecule is C[C@@H](N)c1ccccc1SCCO. The molecule has 1 atom stereocenters. The second-order valence-electron chi connectivity index (χ2n) is 2.90. The summed E-state index contributed by atoms with van der Waals surface area (Å²) in [6, 6.07) is 8.11. The summed E-state index contributed by atoms with van der Waals surface area (Å²) in [5, 5.41) is 8.70. The number of benzene rings is 1. The van der Waals surface area contributed by atoms with Crippen molar-refractivity contribution in [2.45, 2.75) is 17.9 Å². The molecule has 0 aliphatic rings. The fraction of sp³-hybridized carbons (Fsp3) is 0.400. The second-order valence-corrected chi connectivity index (χ2v) is 4.04. The lowest BCUT2D eigenvalue weighted by Gasteiger charge is -2.11. The Morgan fingerprint density at radius 2 is 2.15 bits per heavy atom. The first kappa shape index (κ1) is 10.6. The molecule has 0 fully saturated rings. The quantitative estimate of drug-likeness (QED) is 0.723. The highest BCUT2D eigenvalue weighted by molar-refractivity contribution is 7.99. The Balaban J connectivity index is 2.78. The third-order valence-corrected chi connectivity index (χ3v) is 2.83. The highest BCUT2D eigenvalue weighted by atomic mass is 32.2. The molecule has 1 rings (SSSR count). The minimum Gasteiger partial charge on any atom is -0.396 e. The molecular weight excluding hydrogens is 182 g/mol. The summed E-state index contributed by atoms with van der Waals surface area (Å²) in [6.45, 7) is 2.18. The van der Waals surface area contributed by atoms with Gasteiger partial charge < -0.3 is 10.8 Å². The van der Waals surface area contributed by atoms with Crippen LogP contribution in [0.3, 0.4) is 0 Å². The van der Waals surface area contributed by atoms with Crippen molar-refractivity contribution in [3.63, 3.8) is 0 Å². The van der Waals surface area contributed by atoms with Gasteiger partial charge in [0.2, 0.25) is 0 Å². The van der Waals surface area contributed by atoms with Crippen LogP contribution >= 0.6 is 11.8 Å². The molecule has 0 saturated heterocycles. The van der Waals surface area contributed by atoms with Gasteiger partial charge in [0.15, 0.2) is 0 Å². The third kappa shape index (κ3) is 3.03. The van der Waals surface area contributed by atoms with Crippen molar-refractivity contribution in [2.24, 2.45) is 5.73 Å². The van der Waals surface area contributed by atoms with E-state index in [1.165, 1.54) is 4.90 Å². The van der Waals surface area contributed by atoms with E-state index in [0.29, 0.717) is 0 Å². The van der Waals surface area contributed by atoms with E-state index in [-0.39, 0.29) is 12.6 Å². The molecule has 13 heavy (non-hydrogen) atoms. The maximum atomic E-state index is 8.70. The molecule has 0 saturated carbocycles. The number of aliphatic hydroxyl groups is 1. The summed E-state index contributed by atoms with van der Waals surface area (Å²) >= 11 is 1.65. The first-order valence-electron chi connectivity index (χ1n) is 4.34. The molecule has 3 N–H and O–H groups in total. The van der Waals surface area contributed by atoms with Crippen LogP contribution in [0.4, 0.5) is 0 Å². The van der Waals surface area contributed by atoms with Crippen molar-refractivity contribution in [3.05, 3.63) is 29.8 Å². The Bertz CT molecular complexity index is 263. The summed E-state index contributed by atoms with van der Waals surface area (Å²) in [5.74, 6) is 0.726. The summed E-state index contributed by atoms with van der Waals surface area (Å²) in [7, 11) is 0. The number of hydrogen-bond donors (Lipinski definition) is 2. The molecule has 0 aliphatic heterocycles. The number of aliphatic hydroxyl groups excluding tert-OH is 1. The minimum absolute atomic E-state index is 0.0578. The topological polar surface area (TPSA) is 46.2 Å². The van der Waals surface area contributed by atoms with Crippen molar-refractivity contribution < 1.29 is 5.11 Å². The van der Waals surface area contributed by atoms with Gasteiger partial charge in [0.05, 0.1) is 6.61 Å². The molecule has 0 radical (unpaired) electrons. The van der Waals surface area contributed by atoms with E-state index in [4.69, 9.17) is 10.8 Å². The molecule has 0 aromatic heterocycles. The lowest BCUT2D eigenvalue weighted by molar-refractivity contribution is 0.322. The van der Waals surface area contributed by atoms with Gasteiger partial charge in [-0.3, -0.25) is 0 Å². The molecule has 2 nitrogen and oxygen atoms in total. The normalized spacial score (nSPS) is 12.8. The summed E-state index contributed by atoms with van der Waals surface area (Å²) in [6.07, 6.45) is 0. The average Bonchev–Trinajstić information content (AvgIpc) is 2.15. The molecule has 0 aliphatic carbocycles. The van der Waals surface area contributed by atoms with Gasteiger partial charge in [-0.1, -0.05) is 18.2 Å². The Kier molecular flexibility index (Phi) is 4.28. The summed E-state index contributed by atoms with van der Waals surface area (Å²) in [4.78, 5) is 1.17. The number of nitrogens with two attached hydrogens (primary N) is 1. The Morgan fingerprint density at radius 1 is 1.46 bits per heavy atom. The molecule has 0 spiro atoms. The van der Waals surface area contributed by atoms with Crippen LogP contribution in [-0.2, 0) is 0 Å². The third-order valence-electron chi connectivity index (χ3n) is 1.76. The van der Waals surface area contributed by atoms with E-state index >= 15 is 0 Å². The first-order chi connectivity index (χ1) is 6.25. The lowest BCUT2D eigenvalue weighted by Crippen LogP contribution is -2.06. The van der Waals surface area contributed by atoms with Crippen LogP contribution in [0.15, 0.2) is 29.2 Å². The molecule has 0 heterocycles. The van der Waals surface area contributed by atoms with Crippen LogP contribution in [0.5, 0.6) is 0 Å². The molecule has 0 amide bonds. The van der Waals surface area contributed by atoms with E-state index in [1.807, 2.05) is 31.2 Å². The number of thioether (sulfide) groups is 1. The van der Waals surface area contributed by atoms with Gasteiger partial charge in [0.1, 0.15) is 0 Å². The fourth-order valence-corrected chi connectivity index (χ4v) is 2.05. The smallest absolute Gasteiger partial charge is 0.0525 e. The molecule has 72 valence electrons. The standard InChI is InChI=1S/C10H15NOS/c1-8(11)9-4-2-3-5-10(9)13-7-6-12/h2-5,8,12H,6-7,11H2,1H3/t8-/m1/s1. The largest absolute Gasteiger partial charge is 0.396 e. The monoisotopic (exact) mass is 197 g/mol. The molecule has 3 heteroatoms. The van der Waals surface area contributed by atoms with E-state index in [2.05, 4.69) is 0 Å². The van der Waals surface area contributed by atoms with E-state index < -0.39 is 0 Å². The maximum absolute atomic E-state index is 8.70. The zero-order valence-electron chi connectivity index (χ0n) is 7.73. The maximum Gasteiger partial charge on any atom is 0.0525 e. The fourth-order valence-electron chi connectivity index (χ4n) is 1.14. The summed E-state index contributed by atoms with van der Waals surface area (Å²) < 4.78 is 0. The number of hydrogen-bond acceptors (Lipinski definition) is 3. The van der Waals surface area contributed by atoms with Gasteiger partial charge in [-0.25, -0.2) is 0 Å². The summed E-state index contributed by atoms with van der Waals surface area (Å²) in [5.41, 5.74) is 6.96. The molecule has 1 aromatic carbocycles. The first-order valence-corrected chi connectivity index (χ1v) is 5.32. The Morgan fingerprint density at radius 3 is 2.77 bits per heavy atom. The average molecular weight is 197 g/mol. The van der Waals surface area contributed by atoms with Gasteiger partial charge in [-0.05, 0) is 18.6 Å². The zero-order valence-corrected chi connectivity index (χ0v) is 8.55. The van der Waals surface area contributed by atoms with Crippen LogP contribution in [0.1, 0.15) is 18.5 Å². The van der Waals surface area contributed by atoms with Gasteiger partial charge >= 0.3 is 0 Å². The number of rotatable bonds is 4. The molecule has 1 aromatic rings. The van der Waals surface area contributed by atoms with Gasteiger partial charge in [-0.15, -0.1) is 11.8 Å². The minimum atomic E-state index is 0.0578. The Labute approximate surface area is 83.1 Å². The van der Waals surface area contributed by atoms with Crippen LogP contribution in [-0.4, -0.2) is 17.5 Å². The van der Waals surface area contributed by atoms with Gasteiger partial charge in [-0.2, -0.15) is 0 Å². The van der Waals surface area contributed by atoms with Crippen molar-refractivity contribution >= 4 is 11.8 Å².